The lowest BCUT2D eigenvalue weighted by Gasteiger charge is -2.06. The van der Waals surface area contributed by atoms with E-state index < -0.39 is 0 Å². The van der Waals surface area contributed by atoms with Crippen LogP contribution in [0, 0.1) is 0 Å². The van der Waals surface area contributed by atoms with E-state index in [4.69, 9.17) is 0 Å². The molecular weight excluding hydrogens is 136 g/mol. The summed E-state index contributed by atoms with van der Waals surface area (Å²) in [6.45, 7) is 6.41. The van der Waals surface area contributed by atoms with Crippen molar-refractivity contribution in [2.24, 2.45) is 0 Å². The fourth-order valence-corrected chi connectivity index (χ4v) is 1.84. The Kier molecular flexibility index (Phi) is 3.87. The molecule has 0 saturated carbocycles. The van der Waals surface area contributed by atoms with Crippen molar-refractivity contribution in [2.75, 3.05) is 13.1 Å². The highest BCUT2D eigenvalue weighted by Gasteiger charge is 2.24. The van der Waals surface area contributed by atoms with Crippen molar-refractivity contribution >= 4 is 0 Å². The van der Waals surface area contributed by atoms with Gasteiger partial charge in [-0.1, -0.05) is 13.8 Å². The maximum Gasteiger partial charge on any atom is 0.0195 e. The first-order chi connectivity index (χ1) is 5.45. The maximum atomic E-state index is 3.59. The van der Waals surface area contributed by atoms with Crippen molar-refractivity contribution in [1.29, 1.82) is 0 Å². The highest BCUT2D eigenvalue weighted by Crippen LogP contribution is 2.15. The molecule has 0 aromatic rings. The van der Waals surface area contributed by atoms with Gasteiger partial charge in [-0.15, -0.1) is 0 Å². The summed E-state index contributed by atoms with van der Waals surface area (Å²) in [5.41, 5.74) is 0. The molecule has 0 aromatic carbocycles. The third kappa shape index (κ3) is 2.46. The zero-order chi connectivity index (χ0) is 8.10. The van der Waals surface area contributed by atoms with Gasteiger partial charge in [0.15, 0.2) is 0 Å². The Balaban J connectivity index is 0.000000281. The minimum Gasteiger partial charge on any atom is -0.315 e. The van der Waals surface area contributed by atoms with E-state index in [1.54, 1.807) is 0 Å². The summed E-state index contributed by atoms with van der Waals surface area (Å²) in [5.74, 6) is 0. The lowest BCUT2D eigenvalue weighted by Crippen LogP contribution is -2.32. The number of nitrogens with one attached hydrogen (secondary N) is 2. The lowest BCUT2D eigenvalue weighted by atomic mass is 10.1. The second kappa shape index (κ2) is 4.73. The first kappa shape index (κ1) is 9.01. The number of fused-ring (bicyclic) bond motifs is 2. The third-order valence-corrected chi connectivity index (χ3v) is 2.40. The number of rotatable bonds is 0. The predicted molar refractivity (Wildman–Crippen MR) is 48.8 cm³/mol. The molecule has 2 atom stereocenters. The van der Waals surface area contributed by atoms with Gasteiger partial charge in [-0.3, -0.25) is 0 Å². The average molecular weight is 156 g/mol. The van der Waals surface area contributed by atoms with Crippen LogP contribution in [-0.2, 0) is 0 Å². The van der Waals surface area contributed by atoms with Gasteiger partial charge in [-0.2, -0.15) is 0 Å². The van der Waals surface area contributed by atoms with E-state index in [0.717, 1.165) is 12.1 Å². The molecule has 2 aliphatic rings. The minimum atomic E-state index is 0.789. The number of hydrogen-bond donors (Lipinski definition) is 2. The molecule has 2 heterocycles. The van der Waals surface area contributed by atoms with E-state index in [2.05, 4.69) is 10.6 Å². The second-order valence-electron chi connectivity index (χ2n) is 3.13. The topological polar surface area (TPSA) is 24.1 Å². The zero-order valence-corrected chi connectivity index (χ0v) is 7.69. The fraction of sp³-hybridized carbons (Fsp3) is 1.00. The van der Waals surface area contributed by atoms with Crippen LogP contribution in [0.5, 0.6) is 0 Å². The predicted octanol–water partition coefficient (Wildman–Crippen LogP) is 1.13. The van der Waals surface area contributed by atoms with Crippen LogP contribution in [0.2, 0.25) is 0 Å². The van der Waals surface area contributed by atoms with Gasteiger partial charge >= 0.3 is 0 Å². The van der Waals surface area contributed by atoms with Crippen molar-refractivity contribution in [2.45, 2.75) is 45.2 Å². The third-order valence-electron chi connectivity index (χ3n) is 2.40. The molecule has 2 rings (SSSR count). The van der Waals surface area contributed by atoms with Crippen LogP contribution in [0.3, 0.4) is 0 Å². The van der Waals surface area contributed by atoms with E-state index in [-0.39, 0.29) is 0 Å². The Morgan fingerprint density at radius 1 is 1.00 bits per heavy atom. The molecule has 2 fully saturated rings. The molecule has 0 aliphatic carbocycles. The normalized spacial score (nSPS) is 35.5. The minimum absolute atomic E-state index is 0.789. The molecule has 2 bridgehead atoms. The Hall–Kier alpha value is -0.0800. The van der Waals surface area contributed by atoms with Gasteiger partial charge in [0, 0.05) is 18.6 Å². The van der Waals surface area contributed by atoms with Gasteiger partial charge < -0.3 is 10.6 Å². The summed E-state index contributed by atoms with van der Waals surface area (Å²) in [7, 11) is 0. The summed E-state index contributed by atoms with van der Waals surface area (Å²) >= 11 is 0. The molecule has 0 amide bonds. The van der Waals surface area contributed by atoms with Gasteiger partial charge in [-0.05, 0) is 25.8 Å². The summed E-state index contributed by atoms with van der Waals surface area (Å²) in [6, 6.07) is 1.63. The Labute approximate surface area is 69.8 Å². The van der Waals surface area contributed by atoms with E-state index >= 15 is 0 Å². The van der Waals surface area contributed by atoms with Gasteiger partial charge in [0.25, 0.3) is 0 Å². The molecule has 11 heavy (non-hydrogen) atoms. The summed E-state index contributed by atoms with van der Waals surface area (Å²) < 4.78 is 0. The Morgan fingerprint density at radius 3 is 2.55 bits per heavy atom. The van der Waals surface area contributed by atoms with E-state index in [1.165, 1.54) is 32.4 Å². The first-order valence-corrected chi connectivity index (χ1v) is 4.92. The van der Waals surface area contributed by atoms with Crippen molar-refractivity contribution in [3.05, 3.63) is 0 Å². The van der Waals surface area contributed by atoms with Crippen LogP contribution in [0.4, 0.5) is 0 Å². The molecule has 2 aliphatic heterocycles. The molecular formula is C9H20N2. The first-order valence-electron chi connectivity index (χ1n) is 4.92. The second-order valence-corrected chi connectivity index (χ2v) is 3.13. The van der Waals surface area contributed by atoms with E-state index in [9.17, 15) is 0 Å². The molecule has 2 N–H and O–H groups in total. The van der Waals surface area contributed by atoms with Crippen molar-refractivity contribution < 1.29 is 0 Å². The highest BCUT2D eigenvalue weighted by molar-refractivity contribution is 4.87. The zero-order valence-electron chi connectivity index (χ0n) is 7.69. The fourth-order valence-electron chi connectivity index (χ4n) is 1.84. The molecule has 2 unspecified atom stereocenters. The molecule has 66 valence electrons. The molecule has 0 aromatic heterocycles. The molecule has 2 saturated heterocycles. The van der Waals surface area contributed by atoms with Gasteiger partial charge in [-0.25, -0.2) is 0 Å². The maximum absolute atomic E-state index is 3.59. The number of hydrogen-bond acceptors (Lipinski definition) is 2. The van der Waals surface area contributed by atoms with Crippen LogP contribution in [-0.4, -0.2) is 25.2 Å². The standard InChI is InChI=1S/C7H14N2.C2H6/c1-2-7-5-8-4-3-6(1)9-7;1-2/h6-9H,1-5H2;1-2H3. The average Bonchev–Trinajstić information content (AvgIpc) is 2.33. The monoisotopic (exact) mass is 156 g/mol. The largest absolute Gasteiger partial charge is 0.315 e. The quantitative estimate of drug-likeness (QED) is 0.549. The van der Waals surface area contributed by atoms with Gasteiger partial charge in [0.05, 0.1) is 0 Å². The summed E-state index contributed by atoms with van der Waals surface area (Å²) in [5, 5.41) is 7.01. The van der Waals surface area contributed by atoms with Crippen LogP contribution < -0.4 is 10.6 Å². The Bertz CT molecular complexity index is 91.7. The molecule has 0 radical (unpaired) electrons. The smallest absolute Gasteiger partial charge is 0.0195 e. The van der Waals surface area contributed by atoms with Crippen molar-refractivity contribution in [1.82, 2.24) is 10.6 Å². The van der Waals surface area contributed by atoms with Crippen LogP contribution in [0.25, 0.3) is 0 Å². The van der Waals surface area contributed by atoms with E-state index in [0.29, 0.717) is 0 Å². The Morgan fingerprint density at radius 2 is 1.73 bits per heavy atom. The van der Waals surface area contributed by atoms with E-state index in [1.807, 2.05) is 13.8 Å². The lowest BCUT2D eigenvalue weighted by molar-refractivity contribution is 0.563. The summed E-state index contributed by atoms with van der Waals surface area (Å²) in [4.78, 5) is 0. The molecule has 2 heteroatoms. The summed E-state index contributed by atoms with van der Waals surface area (Å²) in [6.07, 6.45) is 4.13. The molecule has 0 spiro atoms. The van der Waals surface area contributed by atoms with Crippen LogP contribution in [0.1, 0.15) is 33.1 Å². The van der Waals surface area contributed by atoms with Crippen LogP contribution >= 0.6 is 0 Å². The van der Waals surface area contributed by atoms with Gasteiger partial charge in [0.1, 0.15) is 0 Å². The highest BCUT2D eigenvalue weighted by atomic mass is 15.1. The van der Waals surface area contributed by atoms with Crippen LogP contribution in [0.15, 0.2) is 0 Å². The van der Waals surface area contributed by atoms with Gasteiger partial charge in [0.2, 0.25) is 0 Å². The van der Waals surface area contributed by atoms with Crippen molar-refractivity contribution in [3.63, 3.8) is 0 Å². The SMILES string of the molecule is C1CC2CCC(CN1)N2.CC. The molecule has 2 nitrogen and oxygen atoms in total. The van der Waals surface area contributed by atoms with Crippen molar-refractivity contribution in [3.8, 4) is 0 Å².